The van der Waals surface area contributed by atoms with Crippen molar-refractivity contribution >= 4 is 34.4 Å². The summed E-state index contributed by atoms with van der Waals surface area (Å²) in [5.74, 6) is -1.52. The third-order valence-corrected chi connectivity index (χ3v) is 5.76. The number of anilines is 3. The van der Waals surface area contributed by atoms with Crippen LogP contribution in [0.25, 0.3) is 5.57 Å². The third kappa shape index (κ3) is 4.37. The highest BCUT2D eigenvalue weighted by Gasteiger charge is 2.40. The van der Waals surface area contributed by atoms with E-state index in [1.807, 2.05) is 55.5 Å². The molecule has 0 bridgehead atoms. The molecule has 1 aliphatic rings. The summed E-state index contributed by atoms with van der Waals surface area (Å²) in [5, 5.41) is 3.16. The minimum Gasteiger partial charge on any atom is -0.372 e. The molecule has 1 heterocycles. The predicted octanol–water partition coefficient (Wildman–Crippen LogP) is 5.38. The van der Waals surface area contributed by atoms with Gasteiger partial charge in [0.2, 0.25) is 0 Å². The molecule has 0 aliphatic carbocycles. The number of rotatable bonds is 7. The highest BCUT2D eigenvalue weighted by molar-refractivity contribution is 6.46. The Balaban J connectivity index is 1.74. The van der Waals surface area contributed by atoms with Crippen LogP contribution >= 0.6 is 0 Å². The number of carbonyl (C=O) groups excluding carboxylic acids is 2. The van der Waals surface area contributed by atoms with Crippen LogP contribution in [0.1, 0.15) is 25.0 Å². The lowest BCUT2D eigenvalue weighted by molar-refractivity contribution is -0.120. The van der Waals surface area contributed by atoms with Crippen molar-refractivity contribution in [1.82, 2.24) is 0 Å². The van der Waals surface area contributed by atoms with Crippen molar-refractivity contribution in [2.75, 3.05) is 28.2 Å². The van der Waals surface area contributed by atoms with Gasteiger partial charge in [-0.05, 0) is 68.8 Å². The van der Waals surface area contributed by atoms with Gasteiger partial charge < -0.3 is 10.2 Å². The number of aryl methyl sites for hydroxylation is 1. The second-order valence-corrected chi connectivity index (χ2v) is 7.89. The molecule has 1 N–H and O–H groups in total. The molecular formula is C27H26FN3O2. The van der Waals surface area contributed by atoms with Gasteiger partial charge in [0.1, 0.15) is 11.5 Å². The maximum absolute atomic E-state index is 13.9. The van der Waals surface area contributed by atoms with Crippen LogP contribution in [0, 0.1) is 12.7 Å². The molecule has 2 amide bonds. The number of benzene rings is 3. The van der Waals surface area contributed by atoms with Crippen LogP contribution in [0.3, 0.4) is 0 Å². The molecule has 0 radical (unpaired) electrons. The molecule has 6 heteroatoms. The molecule has 0 fully saturated rings. The molecule has 0 saturated heterocycles. The van der Waals surface area contributed by atoms with Crippen LogP contribution in [0.15, 0.2) is 78.5 Å². The van der Waals surface area contributed by atoms with Crippen LogP contribution in [-0.4, -0.2) is 24.9 Å². The van der Waals surface area contributed by atoms with Gasteiger partial charge in [-0.3, -0.25) is 9.59 Å². The van der Waals surface area contributed by atoms with Crippen LogP contribution in [0.5, 0.6) is 0 Å². The van der Waals surface area contributed by atoms with Crippen molar-refractivity contribution in [2.45, 2.75) is 20.8 Å². The Kier molecular flexibility index (Phi) is 6.27. The van der Waals surface area contributed by atoms with Crippen LogP contribution in [0.4, 0.5) is 21.5 Å². The number of hydrogen-bond acceptors (Lipinski definition) is 4. The number of hydrogen-bond donors (Lipinski definition) is 1. The van der Waals surface area contributed by atoms with Crippen LogP contribution < -0.4 is 15.1 Å². The maximum Gasteiger partial charge on any atom is 0.282 e. The quantitative estimate of drug-likeness (QED) is 0.499. The summed E-state index contributed by atoms with van der Waals surface area (Å²) in [6, 6.07) is 20.6. The Morgan fingerprint density at radius 3 is 2.15 bits per heavy atom. The molecule has 0 saturated carbocycles. The molecule has 3 aromatic carbocycles. The smallest absolute Gasteiger partial charge is 0.282 e. The molecule has 5 nitrogen and oxygen atoms in total. The van der Waals surface area contributed by atoms with Gasteiger partial charge >= 0.3 is 0 Å². The van der Waals surface area contributed by atoms with Gasteiger partial charge in [0.25, 0.3) is 11.8 Å². The summed E-state index contributed by atoms with van der Waals surface area (Å²) >= 11 is 0. The summed E-state index contributed by atoms with van der Waals surface area (Å²) in [6.07, 6.45) is 0. The number of imide groups is 1. The number of nitrogens with zero attached hydrogens (tertiary/aromatic N) is 2. The number of halogens is 1. The molecule has 3 aromatic rings. The predicted molar refractivity (Wildman–Crippen MR) is 131 cm³/mol. The van der Waals surface area contributed by atoms with Crippen molar-refractivity contribution in [1.29, 1.82) is 0 Å². The largest absolute Gasteiger partial charge is 0.372 e. The molecule has 0 atom stereocenters. The van der Waals surface area contributed by atoms with E-state index in [9.17, 15) is 14.0 Å². The lowest BCUT2D eigenvalue weighted by atomic mass is 10.0. The zero-order valence-electron chi connectivity index (χ0n) is 18.9. The van der Waals surface area contributed by atoms with Gasteiger partial charge in [-0.15, -0.1) is 0 Å². The van der Waals surface area contributed by atoms with E-state index in [4.69, 9.17) is 0 Å². The van der Waals surface area contributed by atoms with Gasteiger partial charge in [-0.25, -0.2) is 9.29 Å². The highest BCUT2D eigenvalue weighted by Crippen LogP contribution is 2.34. The Hall–Kier alpha value is -3.93. The number of nitrogens with one attached hydrogen (secondary N) is 1. The highest BCUT2D eigenvalue weighted by atomic mass is 19.1. The van der Waals surface area contributed by atoms with Crippen molar-refractivity contribution in [3.63, 3.8) is 0 Å². The first-order valence-corrected chi connectivity index (χ1v) is 11.0. The Morgan fingerprint density at radius 2 is 1.55 bits per heavy atom. The normalized spacial score (nSPS) is 13.6. The summed E-state index contributed by atoms with van der Waals surface area (Å²) in [7, 11) is 0. The van der Waals surface area contributed by atoms with Gasteiger partial charge in [-0.2, -0.15) is 0 Å². The molecular weight excluding hydrogens is 417 g/mol. The molecule has 168 valence electrons. The zero-order valence-corrected chi connectivity index (χ0v) is 18.9. The maximum atomic E-state index is 13.9. The Morgan fingerprint density at radius 1 is 0.879 bits per heavy atom. The minimum atomic E-state index is -0.519. The van der Waals surface area contributed by atoms with E-state index in [1.165, 1.54) is 18.2 Å². The van der Waals surface area contributed by atoms with Crippen LogP contribution in [0.2, 0.25) is 0 Å². The second kappa shape index (κ2) is 9.28. The molecule has 0 unspecified atom stereocenters. The first-order valence-electron chi connectivity index (χ1n) is 11.0. The van der Waals surface area contributed by atoms with Gasteiger partial charge in [0.05, 0.1) is 11.3 Å². The number of carbonyl (C=O) groups is 2. The summed E-state index contributed by atoms with van der Waals surface area (Å²) in [5.41, 5.74) is 4.06. The Labute approximate surface area is 193 Å². The third-order valence-electron chi connectivity index (χ3n) is 5.76. The monoisotopic (exact) mass is 443 g/mol. The SMILES string of the molecule is CCN(CC)c1ccc(NC2=C(c3ccc(C)cc3)C(=O)N(c3cccc(F)c3)C2=O)cc1. The van der Waals surface area contributed by atoms with E-state index in [0.29, 0.717) is 11.3 Å². The van der Waals surface area contributed by atoms with Gasteiger partial charge in [0.15, 0.2) is 0 Å². The minimum absolute atomic E-state index is 0.170. The van der Waals surface area contributed by atoms with Gasteiger partial charge in [-0.1, -0.05) is 35.9 Å². The zero-order chi connectivity index (χ0) is 23.5. The summed E-state index contributed by atoms with van der Waals surface area (Å²) < 4.78 is 13.9. The fraction of sp³-hybridized carbons (Fsp3) is 0.185. The lowest BCUT2D eigenvalue weighted by Gasteiger charge is -2.21. The van der Waals surface area contributed by atoms with Gasteiger partial charge in [0, 0.05) is 24.5 Å². The second-order valence-electron chi connectivity index (χ2n) is 7.89. The Bertz CT molecular complexity index is 1210. The first-order chi connectivity index (χ1) is 15.9. The first kappa shape index (κ1) is 22.3. The average Bonchev–Trinajstić information content (AvgIpc) is 3.05. The van der Waals surface area contributed by atoms with Crippen LogP contribution in [-0.2, 0) is 9.59 Å². The summed E-state index contributed by atoms with van der Waals surface area (Å²) in [6.45, 7) is 7.93. The fourth-order valence-electron chi connectivity index (χ4n) is 3.97. The van der Waals surface area contributed by atoms with E-state index in [-0.39, 0.29) is 17.0 Å². The molecule has 1 aliphatic heterocycles. The van der Waals surface area contributed by atoms with Crippen molar-refractivity contribution < 1.29 is 14.0 Å². The van der Waals surface area contributed by atoms with E-state index in [2.05, 4.69) is 24.1 Å². The standard InChI is InChI=1S/C27H26FN3O2/c1-4-30(5-2)22-15-13-21(14-16-22)29-25-24(19-11-9-18(3)10-12-19)26(32)31(27(25)33)23-8-6-7-20(28)17-23/h6-17,29H,4-5H2,1-3H3. The topological polar surface area (TPSA) is 52.7 Å². The molecule has 33 heavy (non-hydrogen) atoms. The van der Waals surface area contributed by atoms with E-state index in [0.717, 1.165) is 29.2 Å². The van der Waals surface area contributed by atoms with E-state index >= 15 is 0 Å². The molecule has 0 spiro atoms. The van der Waals surface area contributed by atoms with E-state index in [1.54, 1.807) is 6.07 Å². The van der Waals surface area contributed by atoms with E-state index < -0.39 is 17.6 Å². The van der Waals surface area contributed by atoms with Crippen molar-refractivity contribution in [3.05, 3.63) is 95.4 Å². The van der Waals surface area contributed by atoms with Crippen molar-refractivity contribution in [2.24, 2.45) is 0 Å². The summed E-state index contributed by atoms with van der Waals surface area (Å²) in [4.78, 5) is 30.1. The average molecular weight is 444 g/mol. The molecule has 4 rings (SSSR count). The fourth-order valence-corrected chi connectivity index (χ4v) is 3.97. The molecule has 0 aromatic heterocycles. The van der Waals surface area contributed by atoms with Crippen molar-refractivity contribution in [3.8, 4) is 0 Å². The number of amides is 2. The lowest BCUT2D eigenvalue weighted by Crippen LogP contribution is -2.32.